The van der Waals surface area contributed by atoms with Gasteiger partial charge in [0.25, 0.3) is 0 Å². The topological polar surface area (TPSA) is 0 Å². The van der Waals surface area contributed by atoms with E-state index in [1.165, 1.54) is 16.0 Å². The Bertz CT molecular complexity index is 722. The first-order valence-electron chi connectivity index (χ1n) is 6.95. The summed E-state index contributed by atoms with van der Waals surface area (Å²) in [7, 11) is 0. The van der Waals surface area contributed by atoms with Crippen LogP contribution in [0.15, 0.2) is 83.8 Å². The van der Waals surface area contributed by atoms with Crippen LogP contribution >= 0.6 is 35.0 Å². The highest BCUT2D eigenvalue weighted by Gasteiger charge is 2.15. The van der Waals surface area contributed by atoms with Crippen LogP contribution in [0.4, 0.5) is 0 Å². The molecule has 0 aliphatic heterocycles. The van der Waals surface area contributed by atoms with Crippen LogP contribution in [-0.2, 0) is 0 Å². The molecular formula is C19H14Cl2S. The van der Waals surface area contributed by atoms with Crippen molar-refractivity contribution in [1.82, 2.24) is 0 Å². The molecule has 0 heterocycles. The Kier molecular flexibility index (Phi) is 5.09. The van der Waals surface area contributed by atoms with Crippen molar-refractivity contribution in [3.8, 4) is 0 Å². The number of thioether (sulfide) groups is 1. The van der Waals surface area contributed by atoms with Crippen LogP contribution < -0.4 is 0 Å². The first-order valence-corrected chi connectivity index (χ1v) is 8.58. The van der Waals surface area contributed by atoms with Crippen molar-refractivity contribution in [1.29, 1.82) is 0 Å². The summed E-state index contributed by atoms with van der Waals surface area (Å²) in [5.74, 6) is 0. The zero-order chi connectivity index (χ0) is 15.4. The molecule has 22 heavy (non-hydrogen) atoms. The van der Waals surface area contributed by atoms with E-state index in [9.17, 15) is 0 Å². The molecule has 1 unspecified atom stereocenters. The minimum absolute atomic E-state index is 0.222. The van der Waals surface area contributed by atoms with E-state index in [-0.39, 0.29) is 5.25 Å². The molecule has 0 amide bonds. The number of halogens is 2. The van der Waals surface area contributed by atoms with Crippen LogP contribution in [0.1, 0.15) is 16.4 Å². The van der Waals surface area contributed by atoms with E-state index in [0.29, 0.717) is 0 Å². The van der Waals surface area contributed by atoms with Crippen LogP contribution in [0.25, 0.3) is 0 Å². The SMILES string of the molecule is Clc1ccc(SC(c2ccccc2)c2ccc(Cl)cc2)cc1. The summed E-state index contributed by atoms with van der Waals surface area (Å²) < 4.78 is 0. The van der Waals surface area contributed by atoms with Gasteiger partial charge in [-0.2, -0.15) is 0 Å². The van der Waals surface area contributed by atoms with Crippen molar-refractivity contribution in [3.63, 3.8) is 0 Å². The predicted octanol–water partition coefficient (Wildman–Crippen LogP) is 6.88. The standard InChI is InChI=1S/C19H14Cl2S/c20-16-8-6-15(7-9-16)19(14-4-2-1-3-5-14)22-18-12-10-17(21)11-13-18/h1-13,19H. The highest BCUT2D eigenvalue weighted by Crippen LogP contribution is 2.40. The minimum Gasteiger partial charge on any atom is -0.113 e. The molecule has 0 fully saturated rings. The van der Waals surface area contributed by atoms with Gasteiger partial charge in [-0.25, -0.2) is 0 Å². The molecule has 0 aliphatic carbocycles. The minimum atomic E-state index is 0.222. The van der Waals surface area contributed by atoms with E-state index >= 15 is 0 Å². The monoisotopic (exact) mass is 344 g/mol. The summed E-state index contributed by atoms with van der Waals surface area (Å²) in [5, 5.41) is 1.74. The van der Waals surface area contributed by atoms with Crippen molar-refractivity contribution in [3.05, 3.63) is 100 Å². The summed E-state index contributed by atoms with van der Waals surface area (Å²) >= 11 is 13.8. The van der Waals surface area contributed by atoms with Crippen LogP contribution in [0, 0.1) is 0 Å². The maximum absolute atomic E-state index is 6.02. The van der Waals surface area contributed by atoms with Gasteiger partial charge in [0.2, 0.25) is 0 Å². The quantitative estimate of drug-likeness (QED) is 0.465. The Morgan fingerprint density at radius 2 is 1.09 bits per heavy atom. The van der Waals surface area contributed by atoms with Crippen molar-refractivity contribution < 1.29 is 0 Å². The molecule has 3 heteroatoms. The number of rotatable bonds is 4. The summed E-state index contributed by atoms with van der Waals surface area (Å²) in [6, 6.07) is 26.5. The van der Waals surface area contributed by atoms with Gasteiger partial charge in [-0.1, -0.05) is 65.7 Å². The molecule has 3 aromatic rings. The largest absolute Gasteiger partial charge is 0.113 e. The van der Waals surface area contributed by atoms with Gasteiger partial charge in [0, 0.05) is 14.9 Å². The molecule has 0 N–H and O–H groups in total. The van der Waals surface area contributed by atoms with Gasteiger partial charge in [0.05, 0.1) is 5.25 Å². The van der Waals surface area contributed by atoms with E-state index in [4.69, 9.17) is 23.2 Å². The Balaban J connectivity index is 1.96. The van der Waals surface area contributed by atoms with E-state index in [0.717, 1.165) is 10.0 Å². The van der Waals surface area contributed by atoms with Crippen molar-refractivity contribution in [2.24, 2.45) is 0 Å². The summed E-state index contributed by atoms with van der Waals surface area (Å²) in [6.07, 6.45) is 0. The smallest absolute Gasteiger partial charge is 0.0593 e. The number of hydrogen-bond acceptors (Lipinski definition) is 1. The van der Waals surface area contributed by atoms with Crippen LogP contribution in [0.3, 0.4) is 0 Å². The molecule has 0 spiro atoms. The van der Waals surface area contributed by atoms with Crippen LogP contribution in [0.2, 0.25) is 10.0 Å². The van der Waals surface area contributed by atoms with Gasteiger partial charge < -0.3 is 0 Å². The lowest BCUT2D eigenvalue weighted by molar-refractivity contribution is 1.15. The fraction of sp³-hybridized carbons (Fsp3) is 0.0526. The number of benzene rings is 3. The maximum Gasteiger partial charge on any atom is 0.0593 e. The van der Waals surface area contributed by atoms with Crippen molar-refractivity contribution in [2.75, 3.05) is 0 Å². The molecule has 0 saturated heterocycles. The van der Waals surface area contributed by atoms with E-state index in [1.807, 2.05) is 42.1 Å². The van der Waals surface area contributed by atoms with Crippen molar-refractivity contribution >= 4 is 35.0 Å². The summed E-state index contributed by atoms with van der Waals surface area (Å²) in [6.45, 7) is 0. The predicted molar refractivity (Wildman–Crippen MR) is 97.0 cm³/mol. The lowest BCUT2D eigenvalue weighted by Gasteiger charge is -2.18. The van der Waals surface area contributed by atoms with Crippen molar-refractivity contribution in [2.45, 2.75) is 10.1 Å². The highest BCUT2D eigenvalue weighted by atomic mass is 35.5. The van der Waals surface area contributed by atoms with E-state index in [2.05, 4.69) is 48.5 Å². The lowest BCUT2D eigenvalue weighted by Crippen LogP contribution is -1.96. The molecule has 0 radical (unpaired) electrons. The molecule has 3 rings (SSSR count). The number of hydrogen-bond donors (Lipinski definition) is 0. The second kappa shape index (κ2) is 7.23. The van der Waals surface area contributed by atoms with Gasteiger partial charge in [0.15, 0.2) is 0 Å². The lowest BCUT2D eigenvalue weighted by atomic mass is 10.0. The molecule has 110 valence electrons. The summed E-state index contributed by atoms with van der Waals surface area (Å²) in [4.78, 5) is 1.19. The Labute approximate surface area is 145 Å². The molecule has 0 aromatic heterocycles. The normalized spacial score (nSPS) is 12.1. The van der Waals surface area contributed by atoms with E-state index < -0.39 is 0 Å². The third kappa shape index (κ3) is 3.86. The zero-order valence-corrected chi connectivity index (χ0v) is 14.1. The average Bonchev–Trinajstić information content (AvgIpc) is 2.56. The second-order valence-corrected chi connectivity index (χ2v) is 6.97. The Hall–Kier alpha value is -1.41. The van der Waals surface area contributed by atoms with Gasteiger partial charge in [-0.05, 0) is 47.5 Å². The highest BCUT2D eigenvalue weighted by molar-refractivity contribution is 7.99. The molecule has 1 atom stereocenters. The summed E-state index contributed by atoms with van der Waals surface area (Å²) in [5.41, 5.74) is 2.50. The first-order chi connectivity index (χ1) is 10.7. The zero-order valence-electron chi connectivity index (χ0n) is 11.7. The Morgan fingerprint density at radius 3 is 1.68 bits per heavy atom. The Morgan fingerprint density at radius 1 is 0.591 bits per heavy atom. The maximum atomic E-state index is 6.02. The van der Waals surface area contributed by atoms with Crippen LogP contribution in [0.5, 0.6) is 0 Å². The fourth-order valence-electron chi connectivity index (χ4n) is 2.24. The molecule has 0 bridgehead atoms. The third-order valence-electron chi connectivity index (χ3n) is 3.34. The van der Waals surface area contributed by atoms with E-state index in [1.54, 1.807) is 0 Å². The molecule has 0 aliphatic rings. The molecule has 3 aromatic carbocycles. The van der Waals surface area contributed by atoms with Gasteiger partial charge in [-0.3, -0.25) is 0 Å². The first kappa shape index (κ1) is 15.5. The van der Waals surface area contributed by atoms with Gasteiger partial charge in [-0.15, -0.1) is 11.8 Å². The van der Waals surface area contributed by atoms with Crippen LogP contribution in [-0.4, -0.2) is 0 Å². The molecular weight excluding hydrogens is 331 g/mol. The second-order valence-electron chi connectivity index (χ2n) is 4.91. The molecule has 0 saturated carbocycles. The fourth-order valence-corrected chi connectivity index (χ4v) is 3.65. The average molecular weight is 345 g/mol. The van der Waals surface area contributed by atoms with Gasteiger partial charge >= 0.3 is 0 Å². The molecule has 0 nitrogen and oxygen atoms in total. The van der Waals surface area contributed by atoms with Gasteiger partial charge in [0.1, 0.15) is 0 Å². The third-order valence-corrected chi connectivity index (χ3v) is 5.17.